The second kappa shape index (κ2) is 11.8. The van der Waals surface area contributed by atoms with Crippen molar-refractivity contribution in [2.75, 3.05) is 33.2 Å². The number of guanidine groups is 1. The lowest BCUT2D eigenvalue weighted by atomic mass is 10.1. The first-order valence-electron chi connectivity index (χ1n) is 10.7. The molecule has 0 aliphatic carbocycles. The van der Waals surface area contributed by atoms with Gasteiger partial charge in [-0.3, -0.25) is 9.89 Å². The fraction of sp³-hybridized carbons (Fsp3) is 0.636. The van der Waals surface area contributed by atoms with Gasteiger partial charge in [0, 0.05) is 32.7 Å². The average Bonchev–Trinajstić information content (AvgIpc) is 2.70. The molecule has 3 N–H and O–H groups in total. The highest BCUT2D eigenvalue weighted by Crippen LogP contribution is 2.15. The molecular weight excluding hydrogens is 404 g/mol. The van der Waals surface area contributed by atoms with E-state index in [0.717, 1.165) is 18.4 Å². The third-order valence-electron chi connectivity index (χ3n) is 4.91. The number of piperidine rings is 1. The van der Waals surface area contributed by atoms with Crippen LogP contribution in [-0.2, 0) is 4.74 Å². The van der Waals surface area contributed by atoms with Gasteiger partial charge in [-0.1, -0.05) is 30.3 Å². The number of carbonyl (C=O) groups excluding carboxylic acids is 1. The number of halogens is 2. The van der Waals surface area contributed by atoms with E-state index < -0.39 is 18.1 Å². The molecule has 1 atom stereocenters. The van der Waals surface area contributed by atoms with Crippen LogP contribution in [0, 0.1) is 0 Å². The standard InChI is InChI=1S/C22H35F2N5O2/c1-22(2,3)31-21(30)28-18(16-8-6-5-7-9-16)14-26-20(25-4)27-17-10-12-29(13-11-17)15-19(23)24/h5-9,17-19H,10-15H2,1-4H3,(H,28,30)(H2,25,26,27). The van der Waals surface area contributed by atoms with E-state index in [1.807, 2.05) is 51.1 Å². The maximum absolute atomic E-state index is 12.6. The van der Waals surface area contributed by atoms with Crippen LogP contribution in [-0.4, -0.2) is 68.2 Å². The Labute approximate surface area is 183 Å². The highest BCUT2D eigenvalue weighted by atomic mass is 19.3. The van der Waals surface area contributed by atoms with Gasteiger partial charge in [0.2, 0.25) is 0 Å². The topological polar surface area (TPSA) is 78.0 Å². The molecule has 7 nitrogen and oxygen atoms in total. The van der Waals surface area contributed by atoms with Gasteiger partial charge in [0.1, 0.15) is 5.60 Å². The fourth-order valence-corrected chi connectivity index (χ4v) is 3.43. The Bertz CT molecular complexity index is 702. The largest absolute Gasteiger partial charge is 0.444 e. The van der Waals surface area contributed by atoms with Crippen LogP contribution in [0.25, 0.3) is 0 Å². The zero-order chi connectivity index (χ0) is 22.9. The quantitative estimate of drug-likeness (QED) is 0.449. The molecule has 0 aromatic heterocycles. The number of hydrogen-bond acceptors (Lipinski definition) is 4. The molecular formula is C22H35F2N5O2. The fourth-order valence-electron chi connectivity index (χ4n) is 3.43. The van der Waals surface area contributed by atoms with Crippen LogP contribution in [0.5, 0.6) is 0 Å². The summed E-state index contributed by atoms with van der Waals surface area (Å²) in [5.74, 6) is 0.610. The normalized spacial score (nSPS) is 17.3. The van der Waals surface area contributed by atoms with Crippen LogP contribution in [0.1, 0.15) is 45.2 Å². The number of carbonyl (C=O) groups is 1. The van der Waals surface area contributed by atoms with Crippen molar-refractivity contribution < 1.29 is 18.3 Å². The summed E-state index contributed by atoms with van der Waals surface area (Å²) < 4.78 is 30.5. The Hall–Kier alpha value is -2.42. The van der Waals surface area contributed by atoms with E-state index in [-0.39, 0.29) is 18.6 Å². The molecule has 1 aliphatic heterocycles. The van der Waals surface area contributed by atoms with Crippen molar-refractivity contribution in [2.24, 2.45) is 4.99 Å². The van der Waals surface area contributed by atoms with Gasteiger partial charge in [-0.15, -0.1) is 0 Å². The molecule has 0 radical (unpaired) electrons. The van der Waals surface area contributed by atoms with Gasteiger partial charge < -0.3 is 20.7 Å². The highest BCUT2D eigenvalue weighted by molar-refractivity contribution is 5.80. The van der Waals surface area contributed by atoms with Crippen LogP contribution in [0.3, 0.4) is 0 Å². The van der Waals surface area contributed by atoms with Crippen LogP contribution in [0.2, 0.25) is 0 Å². The van der Waals surface area contributed by atoms with E-state index in [0.29, 0.717) is 25.6 Å². The third-order valence-corrected chi connectivity index (χ3v) is 4.91. The molecule has 1 amide bonds. The number of alkyl carbamates (subject to hydrolysis) is 1. The molecule has 174 valence electrons. The first kappa shape index (κ1) is 24.8. The molecule has 1 heterocycles. The van der Waals surface area contributed by atoms with Gasteiger partial charge in [0.15, 0.2) is 5.96 Å². The molecule has 1 unspecified atom stereocenters. The van der Waals surface area contributed by atoms with E-state index >= 15 is 0 Å². The zero-order valence-corrected chi connectivity index (χ0v) is 18.8. The minimum absolute atomic E-state index is 0.161. The Morgan fingerprint density at radius 1 is 1.23 bits per heavy atom. The molecule has 9 heteroatoms. The summed E-state index contributed by atoms with van der Waals surface area (Å²) in [6.45, 7) is 6.96. The molecule has 1 fully saturated rings. The summed E-state index contributed by atoms with van der Waals surface area (Å²) in [4.78, 5) is 18.4. The van der Waals surface area contributed by atoms with Crippen LogP contribution in [0.15, 0.2) is 35.3 Å². The van der Waals surface area contributed by atoms with Gasteiger partial charge in [-0.2, -0.15) is 0 Å². The van der Waals surface area contributed by atoms with Crippen LogP contribution >= 0.6 is 0 Å². The summed E-state index contributed by atoms with van der Waals surface area (Å²) in [7, 11) is 1.68. The SMILES string of the molecule is CN=C(NCC(NC(=O)OC(C)(C)C)c1ccccc1)NC1CCN(CC(F)F)CC1. The number of amides is 1. The summed E-state index contributed by atoms with van der Waals surface area (Å²) >= 11 is 0. The van der Waals surface area contributed by atoms with Crippen LogP contribution < -0.4 is 16.0 Å². The summed E-state index contributed by atoms with van der Waals surface area (Å²) in [6, 6.07) is 9.48. The number of benzene rings is 1. The maximum Gasteiger partial charge on any atom is 0.408 e. The molecule has 1 aromatic carbocycles. The van der Waals surface area contributed by atoms with E-state index in [4.69, 9.17) is 4.74 Å². The number of rotatable bonds is 7. The van der Waals surface area contributed by atoms with Crippen molar-refractivity contribution in [3.63, 3.8) is 0 Å². The van der Waals surface area contributed by atoms with Gasteiger partial charge in [0.05, 0.1) is 12.6 Å². The van der Waals surface area contributed by atoms with Gasteiger partial charge >= 0.3 is 6.09 Å². The minimum atomic E-state index is -2.30. The Morgan fingerprint density at radius 3 is 2.42 bits per heavy atom. The number of likely N-dealkylation sites (tertiary alicyclic amines) is 1. The van der Waals surface area contributed by atoms with E-state index in [9.17, 15) is 13.6 Å². The molecule has 1 aromatic rings. The number of nitrogens with zero attached hydrogens (tertiary/aromatic N) is 2. The van der Waals surface area contributed by atoms with E-state index in [2.05, 4.69) is 20.9 Å². The molecule has 31 heavy (non-hydrogen) atoms. The number of aliphatic imine (C=N–C) groups is 1. The maximum atomic E-state index is 12.6. The molecule has 0 bridgehead atoms. The molecule has 2 rings (SSSR count). The van der Waals surface area contributed by atoms with Crippen molar-refractivity contribution in [1.82, 2.24) is 20.9 Å². The number of alkyl halides is 2. The molecule has 1 saturated heterocycles. The smallest absolute Gasteiger partial charge is 0.408 e. The molecule has 0 saturated carbocycles. The minimum Gasteiger partial charge on any atom is -0.444 e. The second-order valence-corrected chi connectivity index (χ2v) is 8.67. The molecule has 0 spiro atoms. The first-order valence-corrected chi connectivity index (χ1v) is 10.7. The number of nitrogens with one attached hydrogen (secondary N) is 3. The Balaban J connectivity index is 1.91. The molecule has 1 aliphatic rings. The van der Waals surface area contributed by atoms with E-state index in [1.54, 1.807) is 11.9 Å². The summed E-state index contributed by atoms with van der Waals surface area (Å²) in [6.07, 6.45) is -1.25. The first-order chi connectivity index (χ1) is 14.7. The van der Waals surface area contributed by atoms with Crippen molar-refractivity contribution >= 4 is 12.1 Å². The lowest BCUT2D eigenvalue weighted by Crippen LogP contribution is -2.50. The predicted molar refractivity (Wildman–Crippen MR) is 119 cm³/mol. The van der Waals surface area contributed by atoms with Gasteiger partial charge in [-0.25, -0.2) is 13.6 Å². The monoisotopic (exact) mass is 439 g/mol. The second-order valence-electron chi connectivity index (χ2n) is 8.67. The summed E-state index contributed by atoms with van der Waals surface area (Å²) in [5, 5.41) is 9.53. The zero-order valence-electron chi connectivity index (χ0n) is 18.8. The Kier molecular flexibility index (Phi) is 9.48. The van der Waals surface area contributed by atoms with Gasteiger partial charge in [0.25, 0.3) is 6.43 Å². The third kappa shape index (κ3) is 9.50. The predicted octanol–water partition coefficient (Wildman–Crippen LogP) is 3.15. The highest BCUT2D eigenvalue weighted by Gasteiger charge is 2.23. The van der Waals surface area contributed by atoms with Gasteiger partial charge in [-0.05, 0) is 39.2 Å². The van der Waals surface area contributed by atoms with E-state index in [1.165, 1.54) is 0 Å². The van der Waals surface area contributed by atoms with Crippen LogP contribution in [0.4, 0.5) is 13.6 Å². The lowest BCUT2D eigenvalue weighted by molar-refractivity contribution is 0.0504. The number of ether oxygens (including phenoxy) is 1. The van der Waals surface area contributed by atoms with Crippen molar-refractivity contribution in [1.29, 1.82) is 0 Å². The van der Waals surface area contributed by atoms with Crippen molar-refractivity contribution in [3.8, 4) is 0 Å². The lowest BCUT2D eigenvalue weighted by Gasteiger charge is -2.33. The summed E-state index contributed by atoms with van der Waals surface area (Å²) in [5.41, 5.74) is 0.354. The van der Waals surface area contributed by atoms with Crippen molar-refractivity contribution in [3.05, 3.63) is 35.9 Å². The average molecular weight is 440 g/mol. The van der Waals surface area contributed by atoms with Crippen molar-refractivity contribution in [2.45, 2.75) is 57.7 Å². The Morgan fingerprint density at radius 2 is 1.87 bits per heavy atom. The number of hydrogen-bond donors (Lipinski definition) is 3.